The van der Waals surface area contributed by atoms with Crippen LogP contribution in [-0.2, 0) is 0 Å². The van der Waals surface area contributed by atoms with Crippen molar-refractivity contribution in [3.63, 3.8) is 0 Å². The molecule has 0 radical (unpaired) electrons. The van der Waals surface area contributed by atoms with E-state index in [9.17, 15) is 0 Å². The van der Waals surface area contributed by atoms with Gasteiger partial charge in [-0.3, -0.25) is 4.98 Å². The van der Waals surface area contributed by atoms with Gasteiger partial charge in [0.15, 0.2) is 0 Å². The standard InChI is InChI=1S/C17H22N2O/c1-4-20-17-10-6-5-9-16(17)14(3)19-13(2)15-8-7-11-18-12-15/h5-14,19H,4H2,1-3H3/t13-,14?/m0/s1. The molecule has 0 bridgehead atoms. The summed E-state index contributed by atoms with van der Waals surface area (Å²) in [5.41, 5.74) is 2.37. The minimum absolute atomic E-state index is 0.216. The van der Waals surface area contributed by atoms with E-state index in [-0.39, 0.29) is 12.1 Å². The smallest absolute Gasteiger partial charge is 0.124 e. The number of rotatable bonds is 6. The van der Waals surface area contributed by atoms with Crippen LogP contribution in [0.5, 0.6) is 5.75 Å². The van der Waals surface area contributed by atoms with E-state index in [1.165, 1.54) is 11.1 Å². The van der Waals surface area contributed by atoms with E-state index in [1.807, 2.05) is 37.4 Å². The molecule has 0 saturated heterocycles. The first kappa shape index (κ1) is 14.5. The predicted molar refractivity (Wildman–Crippen MR) is 81.8 cm³/mol. The van der Waals surface area contributed by atoms with E-state index in [2.05, 4.69) is 36.3 Å². The van der Waals surface area contributed by atoms with Gasteiger partial charge in [-0.1, -0.05) is 24.3 Å². The van der Waals surface area contributed by atoms with Crippen LogP contribution >= 0.6 is 0 Å². The summed E-state index contributed by atoms with van der Waals surface area (Å²) in [6, 6.07) is 12.7. The Morgan fingerprint density at radius 1 is 1.10 bits per heavy atom. The van der Waals surface area contributed by atoms with Gasteiger partial charge in [-0.2, -0.15) is 0 Å². The number of nitrogens with one attached hydrogen (secondary N) is 1. The summed E-state index contributed by atoms with van der Waals surface area (Å²) < 4.78 is 5.69. The highest BCUT2D eigenvalue weighted by molar-refractivity contribution is 5.35. The van der Waals surface area contributed by atoms with Gasteiger partial charge in [0.05, 0.1) is 6.61 Å². The minimum Gasteiger partial charge on any atom is -0.494 e. The summed E-state index contributed by atoms with van der Waals surface area (Å²) in [5, 5.41) is 3.59. The number of aromatic nitrogens is 1. The lowest BCUT2D eigenvalue weighted by molar-refractivity contribution is 0.331. The van der Waals surface area contributed by atoms with Crippen molar-refractivity contribution in [2.24, 2.45) is 0 Å². The van der Waals surface area contributed by atoms with Gasteiger partial charge in [0.25, 0.3) is 0 Å². The van der Waals surface area contributed by atoms with Crippen LogP contribution in [0.4, 0.5) is 0 Å². The first-order valence-corrected chi connectivity index (χ1v) is 7.10. The number of para-hydroxylation sites is 1. The molecule has 0 aliphatic heterocycles. The van der Waals surface area contributed by atoms with E-state index in [0.29, 0.717) is 6.61 Å². The van der Waals surface area contributed by atoms with Crippen molar-refractivity contribution in [3.05, 3.63) is 59.9 Å². The van der Waals surface area contributed by atoms with Crippen LogP contribution < -0.4 is 10.1 Å². The first-order chi connectivity index (χ1) is 9.72. The van der Waals surface area contributed by atoms with Crippen molar-refractivity contribution < 1.29 is 4.74 Å². The maximum absolute atomic E-state index is 5.69. The van der Waals surface area contributed by atoms with Gasteiger partial charge in [-0.25, -0.2) is 0 Å². The molecule has 0 aliphatic rings. The Morgan fingerprint density at radius 2 is 1.90 bits per heavy atom. The summed E-state index contributed by atoms with van der Waals surface area (Å²) in [4.78, 5) is 4.17. The third-order valence-electron chi connectivity index (χ3n) is 3.37. The maximum atomic E-state index is 5.69. The lowest BCUT2D eigenvalue weighted by Gasteiger charge is -2.22. The molecule has 0 aliphatic carbocycles. The van der Waals surface area contributed by atoms with E-state index < -0.39 is 0 Å². The zero-order valence-corrected chi connectivity index (χ0v) is 12.3. The zero-order valence-electron chi connectivity index (χ0n) is 12.3. The number of benzene rings is 1. The molecule has 2 atom stereocenters. The molecule has 1 unspecified atom stereocenters. The van der Waals surface area contributed by atoms with E-state index >= 15 is 0 Å². The number of hydrogen-bond donors (Lipinski definition) is 1. The highest BCUT2D eigenvalue weighted by Gasteiger charge is 2.14. The topological polar surface area (TPSA) is 34.1 Å². The van der Waals surface area contributed by atoms with Crippen LogP contribution in [0, 0.1) is 0 Å². The average molecular weight is 270 g/mol. The van der Waals surface area contributed by atoms with Gasteiger partial charge in [0, 0.05) is 30.0 Å². The lowest BCUT2D eigenvalue weighted by Crippen LogP contribution is -2.23. The van der Waals surface area contributed by atoms with Crippen LogP contribution in [0.3, 0.4) is 0 Å². The van der Waals surface area contributed by atoms with Crippen molar-refractivity contribution in [2.75, 3.05) is 6.61 Å². The van der Waals surface area contributed by atoms with Crippen molar-refractivity contribution in [1.29, 1.82) is 0 Å². The number of nitrogens with zero attached hydrogens (tertiary/aromatic N) is 1. The van der Waals surface area contributed by atoms with Gasteiger partial charge in [0.2, 0.25) is 0 Å². The molecule has 0 spiro atoms. The molecule has 0 saturated carbocycles. The largest absolute Gasteiger partial charge is 0.494 e. The molecule has 0 fully saturated rings. The van der Waals surface area contributed by atoms with Crippen LogP contribution in [0.1, 0.15) is 44.0 Å². The fourth-order valence-electron chi connectivity index (χ4n) is 2.32. The molecule has 1 aromatic heterocycles. The van der Waals surface area contributed by atoms with Crippen LogP contribution in [0.25, 0.3) is 0 Å². The fraction of sp³-hybridized carbons (Fsp3) is 0.353. The van der Waals surface area contributed by atoms with Gasteiger partial charge in [-0.15, -0.1) is 0 Å². The molecule has 3 heteroatoms. The zero-order chi connectivity index (χ0) is 14.4. The quantitative estimate of drug-likeness (QED) is 0.864. The Bertz CT molecular complexity index is 528. The summed E-state index contributed by atoms with van der Waals surface area (Å²) >= 11 is 0. The second-order valence-corrected chi connectivity index (χ2v) is 4.87. The summed E-state index contributed by atoms with van der Waals surface area (Å²) in [5.74, 6) is 0.952. The molecule has 2 aromatic rings. The second kappa shape index (κ2) is 7.06. The predicted octanol–water partition coefficient (Wildman–Crippen LogP) is 3.89. The Morgan fingerprint density at radius 3 is 2.60 bits per heavy atom. The number of pyridine rings is 1. The molecule has 0 amide bonds. The molecular weight excluding hydrogens is 248 g/mol. The number of hydrogen-bond acceptors (Lipinski definition) is 3. The fourth-order valence-corrected chi connectivity index (χ4v) is 2.32. The molecule has 3 nitrogen and oxygen atoms in total. The highest BCUT2D eigenvalue weighted by Crippen LogP contribution is 2.26. The van der Waals surface area contributed by atoms with Gasteiger partial charge >= 0.3 is 0 Å². The first-order valence-electron chi connectivity index (χ1n) is 7.10. The number of ether oxygens (including phenoxy) is 1. The lowest BCUT2D eigenvalue weighted by atomic mass is 10.0. The maximum Gasteiger partial charge on any atom is 0.124 e. The molecule has 1 N–H and O–H groups in total. The Labute approximate surface area is 121 Å². The van der Waals surface area contributed by atoms with Crippen LogP contribution in [0.15, 0.2) is 48.8 Å². The third-order valence-corrected chi connectivity index (χ3v) is 3.37. The molecule has 2 rings (SSSR count). The normalized spacial score (nSPS) is 13.8. The van der Waals surface area contributed by atoms with Crippen molar-refractivity contribution in [1.82, 2.24) is 10.3 Å². The summed E-state index contributed by atoms with van der Waals surface area (Å²) in [6.07, 6.45) is 3.70. The van der Waals surface area contributed by atoms with Gasteiger partial charge in [-0.05, 0) is 38.5 Å². The molecule has 1 aromatic carbocycles. The molecular formula is C17H22N2O. The van der Waals surface area contributed by atoms with E-state index in [1.54, 1.807) is 6.20 Å². The third kappa shape index (κ3) is 3.58. The molecule has 1 heterocycles. The Hall–Kier alpha value is -1.87. The second-order valence-electron chi connectivity index (χ2n) is 4.87. The van der Waals surface area contributed by atoms with Crippen LogP contribution in [-0.4, -0.2) is 11.6 Å². The van der Waals surface area contributed by atoms with E-state index in [4.69, 9.17) is 4.74 Å². The molecule has 106 valence electrons. The van der Waals surface area contributed by atoms with E-state index in [0.717, 1.165) is 5.75 Å². The highest BCUT2D eigenvalue weighted by atomic mass is 16.5. The van der Waals surface area contributed by atoms with Gasteiger partial charge in [0.1, 0.15) is 5.75 Å². The Balaban J connectivity index is 2.10. The van der Waals surface area contributed by atoms with Gasteiger partial charge < -0.3 is 10.1 Å². The Kier molecular flexibility index (Phi) is 5.13. The minimum atomic E-state index is 0.216. The molecule has 20 heavy (non-hydrogen) atoms. The van der Waals surface area contributed by atoms with Crippen molar-refractivity contribution in [3.8, 4) is 5.75 Å². The van der Waals surface area contributed by atoms with Crippen molar-refractivity contribution >= 4 is 0 Å². The summed E-state index contributed by atoms with van der Waals surface area (Å²) in [7, 11) is 0. The van der Waals surface area contributed by atoms with Crippen molar-refractivity contribution in [2.45, 2.75) is 32.9 Å². The monoisotopic (exact) mass is 270 g/mol. The summed E-state index contributed by atoms with van der Waals surface area (Å²) in [6.45, 7) is 7.00. The van der Waals surface area contributed by atoms with Crippen LogP contribution in [0.2, 0.25) is 0 Å². The SMILES string of the molecule is CCOc1ccccc1C(C)N[C@@H](C)c1cccnc1. The average Bonchev–Trinajstić information content (AvgIpc) is 2.49.